The average molecular weight is 348 g/mol. The van der Waals surface area contributed by atoms with Gasteiger partial charge in [0, 0.05) is 6.07 Å². The third-order valence-corrected chi connectivity index (χ3v) is 3.75. The number of carbonyl (C=O) groups excluding carboxylic acids is 2. The van der Waals surface area contributed by atoms with Crippen LogP contribution in [0, 0.1) is 5.82 Å². The summed E-state index contributed by atoms with van der Waals surface area (Å²) in [6.45, 7) is 3.67. The van der Waals surface area contributed by atoms with Crippen LogP contribution in [0.3, 0.4) is 0 Å². The number of tetrazole rings is 1. The summed E-state index contributed by atoms with van der Waals surface area (Å²) in [4.78, 5) is 25.1. The number of ether oxygens (including phenoxy) is 1. The third-order valence-electron chi connectivity index (χ3n) is 3.75. The molecule has 25 heavy (non-hydrogen) atoms. The smallest absolute Gasteiger partial charge is 0.325 e. The van der Waals surface area contributed by atoms with Crippen molar-refractivity contribution in [3.05, 3.63) is 35.9 Å². The Bertz CT molecular complexity index is 806. The minimum absolute atomic E-state index is 0.0299. The van der Waals surface area contributed by atoms with Crippen LogP contribution in [0.4, 0.5) is 9.18 Å². The van der Waals surface area contributed by atoms with Gasteiger partial charge in [-0.1, -0.05) is 6.07 Å². The number of carbonyl (C=O) groups is 2. The molecule has 3 amide bonds. The largest absolute Gasteiger partial charge is 0.485 e. The Morgan fingerprint density at radius 2 is 2.08 bits per heavy atom. The van der Waals surface area contributed by atoms with E-state index in [1.165, 1.54) is 22.9 Å². The first-order valence-corrected chi connectivity index (χ1v) is 7.64. The van der Waals surface area contributed by atoms with Crippen LogP contribution in [0.1, 0.15) is 19.7 Å². The summed E-state index contributed by atoms with van der Waals surface area (Å²) in [5, 5.41) is 13.8. The number of hydrogen-bond acceptors (Lipinski definition) is 6. The highest BCUT2D eigenvalue weighted by molar-refractivity contribution is 6.06. The van der Waals surface area contributed by atoms with Crippen LogP contribution in [0.15, 0.2) is 24.3 Å². The molecule has 10 heteroatoms. The van der Waals surface area contributed by atoms with Crippen LogP contribution in [0.25, 0.3) is 0 Å². The predicted octanol–water partition coefficient (Wildman–Crippen LogP) is 0.722. The minimum Gasteiger partial charge on any atom is -0.485 e. The molecule has 0 aliphatic carbocycles. The van der Waals surface area contributed by atoms with Gasteiger partial charge in [-0.2, -0.15) is 0 Å². The van der Waals surface area contributed by atoms with Gasteiger partial charge in [0.25, 0.3) is 5.91 Å². The van der Waals surface area contributed by atoms with Gasteiger partial charge in [-0.25, -0.2) is 13.9 Å². The lowest BCUT2D eigenvalue weighted by Gasteiger charge is -2.16. The Hall–Kier alpha value is -3.04. The maximum Gasteiger partial charge on any atom is 0.325 e. The molecule has 1 fully saturated rings. The number of imide groups is 1. The lowest BCUT2D eigenvalue weighted by Crippen LogP contribution is -2.40. The summed E-state index contributed by atoms with van der Waals surface area (Å²) in [7, 11) is 0. The maximum atomic E-state index is 13.1. The molecule has 132 valence electrons. The lowest BCUT2D eigenvalue weighted by molar-refractivity contribution is -0.130. The van der Waals surface area contributed by atoms with E-state index in [9.17, 15) is 14.0 Å². The molecule has 0 spiro atoms. The van der Waals surface area contributed by atoms with Crippen molar-refractivity contribution in [2.24, 2.45) is 0 Å². The zero-order chi connectivity index (χ0) is 18.0. The van der Waals surface area contributed by atoms with Crippen LogP contribution in [-0.2, 0) is 17.9 Å². The summed E-state index contributed by atoms with van der Waals surface area (Å²) in [6.07, 6.45) is 0. The second-order valence-corrected chi connectivity index (χ2v) is 6.08. The van der Waals surface area contributed by atoms with Gasteiger partial charge in [-0.05, 0) is 36.4 Å². The van der Waals surface area contributed by atoms with Gasteiger partial charge >= 0.3 is 6.03 Å². The van der Waals surface area contributed by atoms with Crippen molar-refractivity contribution in [1.29, 1.82) is 0 Å². The normalized spacial score (nSPS) is 16.2. The van der Waals surface area contributed by atoms with Crippen LogP contribution < -0.4 is 10.1 Å². The minimum atomic E-state index is -0.916. The maximum absolute atomic E-state index is 13.1. The summed E-state index contributed by atoms with van der Waals surface area (Å²) in [6, 6.07) is 5.28. The molecule has 0 atom stereocenters. The van der Waals surface area contributed by atoms with Crippen molar-refractivity contribution in [3.8, 4) is 5.75 Å². The molecular formula is C15H17FN6O3. The molecular weight excluding hydrogens is 331 g/mol. The van der Waals surface area contributed by atoms with Crippen LogP contribution >= 0.6 is 0 Å². The van der Waals surface area contributed by atoms with E-state index in [0.717, 1.165) is 4.90 Å². The Kier molecular flexibility index (Phi) is 4.34. The van der Waals surface area contributed by atoms with Gasteiger partial charge in [-0.15, -0.1) is 5.10 Å². The number of urea groups is 1. The summed E-state index contributed by atoms with van der Waals surface area (Å²) in [5.74, 6) is 0.0439. The monoisotopic (exact) mass is 348 g/mol. The molecule has 1 aliphatic heterocycles. The number of halogens is 1. The molecule has 1 N–H and O–H groups in total. The van der Waals surface area contributed by atoms with E-state index in [1.54, 1.807) is 19.9 Å². The summed E-state index contributed by atoms with van der Waals surface area (Å²) < 4.78 is 20.0. The lowest BCUT2D eigenvalue weighted by atomic mass is 10.1. The van der Waals surface area contributed by atoms with Crippen molar-refractivity contribution in [1.82, 2.24) is 30.4 Å². The number of amides is 3. The van der Waals surface area contributed by atoms with Crippen molar-refractivity contribution in [3.63, 3.8) is 0 Å². The molecule has 0 saturated carbocycles. The van der Waals surface area contributed by atoms with E-state index >= 15 is 0 Å². The molecule has 1 aromatic heterocycles. The Morgan fingerprint density at radius 3 is 2.76 bits per heavy atom. The number of rotatable bonds is 6. The Labute approximate surface area is 142 Å². The van der Waals surface area contributed by atoms with E-state index in [-0.39, 0.29) is 25.6 Å². The summed E-state index contributed by atoms with van der Waals surface area (Å²) in [5.41, 5.74) is -0.916. The van der Waals surface area contributed by atoms with E-state index in [2.05, 4.69) is 20.8 Å². The fraction of sp³-hybridized carbons (Fsp3) is 0.400. The molecule has 2 aromatic rings. The standard InChI is InChI=1S/C15H17FN6O3/c1-15(2)13(23)21(14(24)17-15)6-7-22-12(18-19-20-22)9-25-11-5-3-4-10(16)8-11/h3-5,8H,6-7,9H2,1-2H3,(H,17,24). The van der Waals surface area contributed by atoms with Gasteiger partial charge < -0.3 is 10.1 Å². The number of nitrogens with one attached hydrogen (secondary N) is 1. The fourth-order valence-electron chi connectivity index (χ4n) is 2.42. The van der Waals surface area contributed by atoms with Crippen molar-refractivity contribution in [2.45, 2.75) is 32.5 Å². The number of benzene rings is 1. The Morgan fingerprint density at radius 1 is 1.28 bits per heavy atom. The highest BCUT2D eigenvalue weighted by Gasteiger charge is 2.43. The second kappa shape index (κ2) is 6.46. The van der Waals surface area contributed by atoms with E-state index < -0.39 is 17.4 Å². The van der Waals surface area contributed by atoms with Crippen LogP contribution in [-0.4, -0.2) is 49.1 Å². The van der Waals surface area contributed by atoms with Gasteiger partial charge in [0.15, 0.2) is 5.82 Å². The molecule has 1 aromatic carbocycles. The highest BCUT2D eigenvalue weighted by atomic mass is 19.1. The highest BCUT2D eigenvalue weighted by Crippen LogP contribution is 2.17. The fourth-order valence-corrected chi connectivity index (χ4v) is 2.42. The number of nitrogens with zero attached hydrogens (tertiary/aromatic N) is 5. The first-order chi connectivity index (χ1) is 11.9. The topological polar surface area (TPSA) is 102 Å². The zero-order valence-corrected chi connectivity index (χ0v) is 13.8. The quantitative estimate of drug-likeness (QED) is 0.772. The molecule has 3 rings (SSSR count). The van der Waals surface area contributed by atoms with Crippen LogP contribution in [0.2, 0.25) is 0 Å². The van der Waals surface area contributed by atoms with Gasteiger partial charge in [0.05, 0.1) is 13.1 Å². The molecule has 0 radical (unpaired) electrons. The molecule has 0 bridgehead atoms. The van der Waals surface area contributed by atoms with Gasteiger partial charge in [0.2, 0.25) is 0 Å². The van der Waals surface area contributed by atoms with E-state index in [4.69, 9.17) is 4.74 Å². The van der Waals surface area contributed by atoms with Gasteiger partial charge in [0.1, 0.15) is 23.7 Å². The SMILES string of the molecule is CC1(C)NC(=O)N(CCn2nnnc2COc2cccc(F)c2)C1=O. The summed E-state index contributed by atoms with van der Waals surface area (Å²) >= 11 is 0. The van der Waals surface area contributed by atoms with E-state index in [1.807, 2.05) is 0 Å². The zero-order valence-electron chi connectivity index (χ0n) is 13.8. The Balaban J connectivity index is 1.61. The van der Waals surface area contributed by atoms with Crippen molar-refractivity contribution < 1.29 is 18.7 Å². The molecule has 9 nitrogen and oxygen atoms in total. The van der Waals surface area contributed by atoms with Crippen molar-refractivity contribution in [2.75, 3.05) is 6.54 Å². The number of aromatic nitrogens is 4. The van der Waals surface area contributed by atoms with E-state index in [0.29, 0.717) is 11.6 Å². The molecule has 1 saturated heterocycles. The molecule has 1 aliphatic rings. The predicted molar refractivity (Wildman–Crippen MR) is 82.9 cm³/mol. The average Bonchev–Trinajstić information content (AvgIpc) is 3.07. The third kappa shape index (κ3) is 3.57. The van der Waals surface area contributed by atoms with Gasteiger partial charge in [-0.3, -0.25) is 9.69 Å². The van der Waals surface area contributed by atoms with Crippen LogP contribution in [0.5, 0.6) is 5.75 Å². The second-order valence-electron chi connectivity index (χ2n) is 6.08. The molecule has 2 heterocycles. The first kappa shape index (κ1) is 16.8. The van der Waals surface area contributed by atoms with Crippen molar-refractivity contribution >= 4 is 11.9 Å². The molecule has 0 unspecified atom stereocenters. The number of hydrogen-bond donors (Lipinski definition) is 1. The first-order valence-electron chi connectivity index (χ1n) is 7.64.